The van der Waals surface area contributed by atoms with E-state index in [1.165, 1.54) is 12.3 Å². The number of aryl methyl sites for hydroxylation is 2. The van der Waals surface area contributed by atoms with Crippen LogP contribution in [0.25, 0.3) is 5.69 Å². The van der Waals surface area contributed by atoms with Gasteiger partial charge in [-0.15, -0.1) is 0 Å². The molecule has 0 radical (unpaired) electrons. The Morgan fingerprint density at radius 2 is 1.64 bits per heavy atom. The van der Waals surface area contributed by atoms with E-state index in [9.17, 15) is 13.2 Å². The maximum Gasteiger partial charge on any atom is 0.262 e. The Morgan fingerprint density at radius 1 is 0.879 bits per heavy atom. The van der Waals surface area contributed by atoms with Crippen molar-refractivity contribution in [1.29, 1.82) is 0 Å². The largest absolute Gasteiger partial charge is 0.322 e. The van der Waals surface area contributed by atoms with Gasteiger partial charge in [-0.1, -0.05) is 36.4 Å². The first-order valence-corrected chi connectivity index (χ1v) is 11.8. The SMILES string of the molecule is Cc1cccc(NS(=O)(=O)c2cc(NC(=O)c3cnn(-c4ccccc4)c3C)ccc2C)c1. The van der Waals surface area contributed by atoms with E-state index >= 15 is 0 Å². The lowest BCUT2D eigenvalue weighted by molar-refractivity contribution is 0.102. The summed E-state index contributed by atoms with van der Waals surface area (Å²) in [6, 6.07) is 21.4. The van der Waals surface area contributed by atoms with Crippen molar-refractivity contribution in [2.45, 2.75) is 25.7 Å². The van der Waals surface area contributed by atoms with Crippen LogP contribution in [0.15, 0.2) is 83.9 Å². The highest BCUT2D eigenvalue weighted by molar-refractivity contribution is 7.92. The molecule has 0 aliphatic rings. The number of amides is 1. The highest BCUT2D eigenvalue weighted by atomic mass is 32.2. The maximum atomic E-state index is 13.0. The second-order valence-electron chi connectivity index (χ2n) is 7.80. The number of para-hydroxylation sites is 1. The van der Waals surface area contributed by atoms with Crippen molar-refractivity contribution in [2.75, 3.05) is 10.0 Å². The van der Waals surface area contributed by atoms with Gasteiger partial charge in [0.2, 0.25) is 0 Å². The second kappa shape index (κ2) is 8.91. The molecule has 168 valence electrons. The summed E-state index contributed by atoms with van der Waals surface area (Å²) < 4.78 is 30.3. The fourth-order valence-electron chi connectivity index (χ4n) is 3.55. The standard InChI is InChI=1S/C25H24N4O3S/c1-17-8-7-9-21(14-17)28-33(31,32)24-15-20(13-12-18(24)2)27-25(30)23-16-26-29(19(23)3)22-10-5-4-6-11-22/h4-16,28H,1-3H3,(H,27,30). The van der Waals surface area contributed by atoms with Crippen LogP contribution in [-0.4, -0.2) is 24.1 Å². The van der Waals surface area contributed by atoms with Crippen molar-refractivity contribution in [3.8, 4) is 5.69 Å². The number of aromatic nitrogens is 2. The van der Waals surface area contributed by atoms with Crippen LogP contribution in [0.5, 0.6) is 0 Å². The number of carbonyl (C=O) groups excluding carboxylic acids is 1. The van der Waals surface area contributed by atoms with Gasteiger partial charge in [0, 0.05) is 11.4 Å². The highest BCUT2D eigenvalue weighted by Gasteiger charge is 2.20. The number of hydrogen-bond donors (Lipinski definition) is 2. The van der Waals surface area contributed by atoms with Crippen molar-refractivity contribution < 1.29 is 13.2 Å². The van der Waals surface area contributed by atoms with Gasteiger partial charge in [-0.3, -0.25) is 9.52 Å². The number of hydrogen-bond acceptors (Lipinski definition) is 4. The minimum Gasteiger partial charge on any atom is -0.322 e. The zero-order valence-corrected chi connectivity index (χ0v) is 19.3. The van der Waals surface area contributed by atoms with Gasteiger partial charge in [-0.2, -0.15) is 5.10 Å². The van der Waals surface area contributed by atoms with Crippen LogP contribution in [0.3, 0.4) is 0 Å². The summed E-state index contributed by atoms with van der Waals surface area (Å²) in [6.07, 6.45) is 1.50. The summed E-state index contributed by atoms with van der Waals surface area (Å²) in [5.41, 5.74) is 4.30. The smallest absolute Gasteiger partial charge is 0.262 e. The zero-order valence-electron chi connectivity index (χ0n) is 18.5. The molecule has 1 aromatic heterocycles. The average Bonchev–Trinajstić information content (AvgIpc) is 3.16. The van der Waals surface area contributed by atoms with Gasteiger partial charge < -0.3 is 5.32 Å². The van der Waals surface area contributed by atoms with Crippen LogP contribution in [0.2, 0.25) is 0 Å². The van der Waals surface area contributed by atoms with Gasteiger partial charge in [0.25, 0.3) is 15.9 Å². The molecule has 7 nitrogen and oxygen atoms in total. The predicted molar refractivity (Wildman–Crippen MR) is 129 cm³/mol. The number of rotatable bonds is 6. The molecule has 1 amide bonds. The third-order valence-corrected chi connectivity index (χ3v) is 6.78. The van der Waals surface area contributed by atoms with Gasteiger partial charge in [0.05, 0.1) is 28.0 Å². The summed E-state index contributed by atoms with van der Waals surface area (Å²) >= 11 is 0. The van der Waals surface area contributed by atoms with Crippen molar-refractivity contribution in [3.63, 3.8) is 0 Å². The van der Waals surface area contributed by atoms with Crippen LogP contribution in [-0.2, 0) is 10.0 Å². The first-order chi connectivity index (χ1) is 15.7. The van der Waals surface area contributed by atoms with Crippen molar-refractivity contribution >= 4 is 27.3 Å². The highest BCUT2D eigenvalue weighted by Crippen LogP contribution is 2.24. The molecule has 0 atom stereocenters. The van der Waals surface area contributed by atoms with E-state index in [2.05, 4.69) is 15.1 Å². The summed E-state index contributed by atoms with van der Waals surface area (Å²) in [6.45, 7) is 5.41. The third kappa shape index (κ3) is 4.80. The van der Waals surface area contributed by atoms with Crippen LogP contribution in [0, 0.1) is 20.8 Å². The molecule has 8 heteroatoms. The Morgan fingerprint density at radius 3 is 2.36 bits per heavy atom. The van der Waals surface area contributed by atoms with E-state index in [4.69, 9.17) is 0 Å². The van der Waals surface area contributed by atoms with E-state index in [0.717, 1.165) is 11.3 Å². The van der Waals surface area contributed by atoms with Crippen LogP contribution in [0.4, 0.5) is 11.4 Å². The molecule has 0 saturated heterocycles. The molecule has 0 fully saturated rings. The van der Waals surface area contributed by atoms with Crippen LogP contribution < -0.4 is 10.0 Å². The lowest BCUT2D eigenvalue weighted by atomic mass is 10.2. The Labute approximate surface area is 193 Å². The van der Waals surface area contributed by atoms with E-state index < -0.39 is 10.0 Å². The molecule has 3 aromatic carbocycles. The predicted octanol–water partition coefficient (Wildman–Crippen LogP) is 4.85. The molecule has 4 aromatic rings. The van der Waals surface area contributed by atoms with Gasteiger partial charge in [-0.25, -0.2) is 13.1 Å². The molecule has 2 N–H and O–H groups in total. The molecule has 0 bridgehead atoms. The van der Waals surface area contributed by atoms with Gasteiger partial charge in [-0.05, 0) is 68.3 Å². The lowest BCUT2D eigenvalue weighted by Gasteiger charge is -2.13. The molecule has 0 aliphatic heterocycles. The Bertz CT molecular complexity index is 1430. The molecule has 0 unspecified atom stereocenters. The number of benzene rings is 3. The van der Waals surface area contributed by atoms with Crippen molar-refractivity contribution in [3.05, 3.63) is 101 Å². The molecular formula is C25H24N4O3S. The number of carbonyl (C=O) groups is 1. The normalized spacial score (nSPS) is 11.2. The van der Waals surface area contributed by atoms with Gasteiger partial charge >= 0.3 is 0 Å². The number of anilines is 2. The van der Waals surface area contributed by atoms with E-state index in [-0.39, 0.29) is 10.8 Å². The summed E-state index contributed by atoms with van der Waals surface area (Å²) in [5, 5.41) is 7.12. The second-order valence-corrected chi connectivity index (χ2v) is 9.45. The Balaban J connectivity index is 1.58. The third-order valence-electron chi connectivity index (χ3n) is 5.26. The zero-order chi connectivity index (χ0) is 23.6. The van der Waals surface area contributed by atoms with Crippen molar-refractivity contribution in [2.24, 2.45) is 0 Å². The lowest BCUT2D eigenvalue weighted by Crippen LogP contribution is -2.16. The first kappa shape index (κ1) is 22.3. The number of sulfonamides is 1. The Kier molecular flexibility index (Phi) is 6.02. The molecule has 0 aliphatic carbocycles. The quantitative estimate of drug-likeness (QED) is 0.430. The summed E-state index contributed by atoms with van der Waals surface area (Å²) in [4.78, 5) is 13.0. The maximum absolute atomic E-state index is 13.0. The van der Waals surface area contributed by atoms with E-state index in [1.54, 1.807) is 41.9 Å². The number of nitrogens with zero attached hydrogens (tertiary/aromatic N) is 2. The van der Waals surface area contributed by atoms with Crippen molar-refractivity contribution in [1.82, 2.24) is 9.78 Å². The molecule has 0 spiro atoms. The topological polar surface area (TPSA) is 93.1 Å². The van der Waals surface area contributed by atoms with Gasteiger partial charge in [0.15, 0.2) is 0 Å². The molecule has 1 heterocycles. The molecule has 4 rings (SSSR count). The Hall–Kier alpha value is -3.91. The van der Waals surface area contributed by atoms with Crippen LogP contribution in [0.1, 0.15) is 27.2 Å². The average molecular weight is 461 g/mol. The molecule has 0 saturated carbocycles. The monoisotopic (exact) mass is 460 g/mol. The summed E-state index contributed by atoms with van der Waals surface area (Å²) in [5.74, 6) is -0.367. The number of nitrogens with one attached hydrogen (secondary N) is 2. The fraction of sp³-hybridized carbons (Fsp3) is 0.120. The van der Waals surface area contributed by atoms with E-state index in [1.807, 2.05) is 50.2 Å². The first-order valence-electron chi connectivity index (χ1n) is 10.4. The van der Waals surface area contributed by atoms with E-state index in [0.29, 0.717) is 28.2 Å². The fourth-order valence-corrected chi connectivity index (χ4v) is 4.87. The van der Waals surface area contributed by atoms with Crippen LogP contribution >= 0.6 is 0 Å². The molecular weight excluding hydrogens is 436 g/mol. The van der Waals surface area contributed by atoms with Gasteiger partial charge in [0.1, 0.15) is 0 Å². The minimum absolute atomic E-state index is 0.0958. The minimum atomic E-state index is -3.84. The molecule has 33 heavy (non-hydrogen) atoms. The summed E-state index contributed by atoms with van der Waals surface area (Å²) in [7, 11) is -3.84.